The maximum Gasteiger partial charge on any atom is 0.157 e. The molecule has 0 aliphatic heterocycles. The van der Waals surface area contributed by atoms with Crippen LogP contribution in [0.15, 0.2) is 6.33 Å². The number of anilines is 2. The van der Waals surface area contributed by atoms with Crippen molar-refractivity contribution in [3.05, 3.63) is 11.5 Å². The Bertz CT molecular complexity index is 316. The third kappa shape index (κ3) is 2.07. The molecule has 1 heterocycles. The Morgan fingerprint density at radius 3 is 2.79 bits per heavy atom. The van der Waals surface area contributed by atoms with Gasteiger partial charge in [0.25, 0.3) is 0 Å². The van der Waals surface area contributed by atoms with Gasteiger partial charge < -0.3 is 10.6 Å². The quantitative estimate of drug-likeness (QED) is 0.782. The summed E-state index contributed by atoms with van der Waals surface area (Å²) in [5.41, 5.74) is 6.22. The van der Waals surface area contributed by atoms with Gasteiger partial charge in [-0.2, -0.15) is 0 Å². The molecule has 1 aromatic rings. The minimum atomic E-state index is 0.310. The maximum absolute atomic E-state index is 5.80. The molecule has 0 bridgehead atoms. The molecule has 0 aromatic carbocycles. The fourth-order valence-electron chi connectivity index (χ4n) is 1.13. The van der Waals surface area contributed by atoms with Gasteiger partial charge in [-0.1, -0.05) is 18.5 Å². The highest BCUT2D eigenvalue weighted by Crippen LogP contribution is 2.26. The van der Waals surface area contributed by atoms with E-state index in [2.05, 4.69) is 23.8 Å². The van der Waals surface area contributed by atoms with Crippen LogP contribution < -0.4 is 10.6 Å². The zero-order chi connectivity index (χ0) is 10.7. The van der Waals surface area contributed by atoms with Gasteiger partial charge in [0.1, 0.15) is 12.0 Å². The molecule has 0 aliphatic rings. The van der Waals surface area contributed by atoms with Crippen LogP contribution in [-0.4, -0.2) is 23.1 Å². The van der Waals surface area contributed by atoms with Crippen molar-refractivity contribution >= 4 is 23.1 Å². The summed E-state index contributed by atoms with van der Waals surface area (Å²) >= 11 is 5.80. The molecule has 0 radical (unpaired) electrons. The molecular formula is C9H15ClN4. The molecule has 0 aliphatic carbocycles. The average molecular weight is 215 g/mol. The SMILES string of the molecule is CCC(C)N(C)c1ncnc(Cl)c1N. The van der Waals surface area contributed by atoms with Gasteiger partial charge in [0.15, 0.2) is 11.0 Å². The molecule has 1 rings (SSSR count). The van der Waals surface area contributed by atoms with E-state index in [1.807, 2.05) is 11.9 Å². The van der Waals surface area contributed by atoms with Crippen LogP contribution in [0.3, 0.4) is 0 Å². The fourth-order valence-corrected chi connectivity index (χ4v) is 1.26. The van der Waals surface area contributed by atoms with E-state index >= 15 is 0 Å². The van der Waals surface area contributed by atoms with Crippen molar-refractivity contribution in [3.63, 3.8) is 0 Å². The Kier molecular flexibility index (Phi) is 3.52. The molecule has 0 saturated heterocycles. The zero-order valence-corrected chi connectivity index (χ0v) is 9.41. The van der Waals surface area contributed by atoms with E-state index in [-0.39, 0.29) is 0 Å². The molecule has 0 saturated carbocycles. The van der Waals surface area contributed by atoms with Crippen LogP contribution in [-0.2, 0) is 0 Å². The highest BCUT2D eigenvalue weighted by atomic mass is 35.5. The molecule has 5 heteroatoms. The lowest BCUT2D eigenvalue weighted by Crippen LogP contribution is -2.29. The van der Waals surface area contributed by atoms with Crippen LogP contribution in [0.25, 0.3) is 0 Å². The van der Waals surface area contributed by atoms with Crippen molar-refractivity contribution in [2.75, 3.05) is 17.7 Å². The van der Waals surface area contributed by atoms with E-state index in [9.17, 15) is 0 Å². The molecule has 0 amide bonds. The molecule has 0 spiro atoms. The monoisotopic (exact) mass is 214 g/mol. The Labute approximate surface area is 89.1 Å². The second-order valence-corrected chi connectivity index (χ2v) is 3.63. The second kappa shape index (κ2) is 4.46. The molecule has 0 fully saturated rings. The van der Waals surface area contributed by atoms with Crippen molar-refractivity contribution in [1.29, 1.82) is 0 Å². The van der Waals surface area contributed by atoms with Crippen molar-refractivity contribution in [3.8, 4) is 0 Å². The summed E-state index contributed by atoms with van der Waals surface area (Å²) in [5, 5.41) is 0.310. The first-order valence-corrected chi connectivity index (χ1v) is 4.94. The molecule has 1 atom stereocenters. The summed E-state index contributed by atoms with van der Waals surface area (Å²) in [6.07, 6.45) is 2.45. The van der Waals surface area contributed by atoms with Crippen LogP contribution in [0.4, 0.5) is 11.5 Å². The largest absolute Gasteiger partial charge is 0.393 e. The molecule has 4 nitrogen and oxygen atoms in total. The lowest BCUT2D eigenvalue weighted by atomic mass is 10.2. The molecule has 2 N–H and O–H groups in total. The number of hydrogen-bond donors (Lipinski definition) is 1. The van der Waals surface area contributed by atoms with Gasteiger partial charge in [0.05, 0.1) is 0 Å². The topological polar surface area (TPSA) is 55.0 Å². The zero-order valence-electron chi connectivity index (χ0n) is 8.66. The number of rotatable bonds is 3. The fraction of sp³-hybridized carbons (Fsp3) is 0.556. The number of nitrogens with two attached hydrogens (primary N) is 1. The van der Waals surface area contributed by atoms with Gasteiger partial charge in [0, 0.05) is 13.1 Å². The van der Waals surface area contributed by atoms with Crippen LogP contribution in [0, 0.1) is 0 Å². The predicted octanol–water partition coefficient (Wildman–Crippen LogP) is 1.95. The average Bonchev–Trinajstić information content (AvgIpc) is 2.20. The minimum absolute atomic E-state index is 0.310. The standard InChI is InChI=1S/C9H15ClN4/c1-4-6(2)14(3)9-7(11)8(10)12-5-13-9/h5-6H,4,11H2,1-3H3. The van der Waals surface area contributed by atoms with Crippen molar-refractivity contribution in [2.45, 2.75) is 26.3 Å². The summed E-state index contributed by atoms with van der Waals surface area (Å²) in [6, 6.07) is 0.378. The van der Waals surface area contributed by atoms with Gasteiger partial charge in [-0.05, 0) is 13.3 Å². The number of hydrogen-bond acceptors (Lipinski definition) is 4. The Balaban J connectivity index is 3.01. The third-order valence-corrected chi connectivity index (χ3v) is 2.70. The van der Waals surface area contributed by atoms with E-state index in [1.54, 1.807) is 0 Å². The third-order valence-electron chi connectivity index (χ3n) is 2.40. The maximum atomic E-state index is 5.80. The lowest BCUT2D eigenvalue weighted by Gasteiger charge is -2.25. The highest BCUT2D eigenvalue weighted by molar-refractivity contribution is 6.32. The van der Waals surface area contributed by atoms with Crippen molar-refractivity contribution in [2.24, 2.45) is 0 Å². The summed E-state index contributed by atoms with van der Waals surface area (Å²) in [7, 11) is 1.95. The van der Waals surface area contributed by atoms with Gasteiger partial charge in [0.2, 0.25) is 0 Å². The Morgan fingerprint density at radius 2 is 2.21 bits per heavy atom. The van der Waals surface area contributed by atoms with E-state index in [0.717, 1.165) is 6.42 Å². The van der Waals surface area contributed by atoms with Gasteiger partial charge >= 0.3 is 0 Å². The smallest absolute Gasteiger partial charge is 0.157 e. The normalized spacial score (nSPS) is 12.6. The summed E-state index contributed by atoms with van der Waals surface area (Å²) in [4.78, 5) is 9.93. The Morgan fingerprint density at radius 1 is 1.57 bits per heavy atom. The molecular weight excluding hydrogens is 200 g/mol. The van der Waals surface area contributed by atoms with Gasteiger partial charge in [-0.3, -0.25) is 0 Å². The van der Waals surface area contributed by atoms with Crippen molar-refractivity contribution in [1.82, 2.24) is 9.97 Å². The number of nitrogen functional groups attached to an aromatic ring is 1. The second-order valence-electron chi connectivity index (χ2n) is 3.27. The van der Waals surface area contributed by atoms with Crippen LogP contribution in [0.5, 0.6) is 0 Å². The minimum Gasteiger partial charge on any atom is -0.393 e. The summed E-state index contributed by atoms with van der Waals surface area (Å²) < 4.78 is 0. The van der Waals surface area contributed by atoms with Gasteiger partial charge in [-0.25, -0.2) is 9.97 Å². The number of halogens is 1. The lowest BCUT2D eigenvalue weighted by molar-refractivity contribution is 0.657. The van der Waals surface area contributed by atoms with Crippen LogP contribution in [0.1, 0.15) is 20.3 Å². The first kappa shape index (κ1) is 11.0. The van der Waals surface area contributed by atoms with E-state index in [0.29, 0.717) is 22.7 Å². The number of aromatic nitrogens is 2. The first-order chi connectivity index (χ1) is 6.57. The van der Waals surface area contributed by atoms with E-state index < -0.39 is 0 Å². The molecule has 78 valence electrons. The number of nitrogens with zero attached hydrogens (tertiary/aromatic N) is 3. The predicted molar refractivity (Wildman–Crippen MR) is 59.6 cm³/mol. The summed E-state index contributed by atoms with van der Waals surface area (Å²) in [6.45, 7) is 4.22. The highest BCUT2D eigenvalue weighted by Gasteiger charge is 2.14. The van der Waals surface area contributed by atoms with Crippen LogP contribution in [0.2, 0.25) is 5.15 Å². The molecule has 1 aromatic heterocycles. The van der Waals surface area contributed by atoms with Crippen molar-refractivity contribution < 1.29 is 0 Å². The Hall–Kier alpha value is -1.03. The van der Waals surface area contributed by atoms with E-state index in [4.69, 9.17) is 17.3 Å². The molecule has 14 heavy (non-hydrogen) atoms. The first-order valence-electron chi connectivity index (χ1n) is 4.56. The summed E-state index contributed by atoms with van der Waals surface area (Å²) in [5.74, 6) is 0.694. The van der Waals surface area contributed by atoms with Gasteiger partial charge in [-0.15, -0.1) is 0 Å². The van der Waals surface area contributed by atoms with E-state index in [1.165, 1.54) is 6.33 Å². The molecule has 1 unspecified atom stereocenters. The van der Waals surface area contributed by atoms with Crippen LogP contribution >= 0.6 is 11.6 Å².